The van der Waals surface area contributed by atoms with Crippen molar-refractivity contribution >= 4 is 14.0 Å². The molecule has 3 heteroatoms. The van der Waals surface area contributed by atoms with Crippen LogP contribution >= 0.6 is 0 Å². The Hall–Kier alpha value is -1.74. The molecule has 0 radical (unpaired) electrons. The number of benzene rings is 2. The van der Waals surface area contributed by atoms with Gasteiger partial charge in [-0.15, -0.1) is 0 Å². The smallest absolute Gasteiger partial charge is 0.250 e. The first-order valence-electron chi connectivity index (χ1n) is 7.85. The van der Waals surface area contributed by atoms with Crippen LogP contribution in [0.5, 0.6) is 5.75 Å². The van der Waals surface area contributed by atoms with Gasteiger partial charge in [0.25, 0.3) is 0 Å². The zero-order chi connectivity index (χ0) is 16.2. The monoisotopic (exact) mass is 313 g/mol. The highest BCUT2D eigenvalue weighted by Gasteiger charge is 2.38. The Balaban J connectivity index is 2.04. The van der Waals surface area contributed by atoms with Gasteiger partial charge in [-0.2, -0.15) is 0 Å². The zero-order valence-electron chi connectivity index (χ0n) is 14.3. The highest BCUT2D eigenvalue weighted by molar-refractivity contribution is 6.74. The van der Waals surface area contributed by atoms with Gasteiger partial charge < -0.3 is 9.74 Å². The number of anilines is 1. The second kappa shape index (κ2) is 6.57. The van der Waals surface area contributed by atoms with Gasteiger partial charge in [0.2, 0.25) is 8.32 Å². The minimum Gasteiger partial charge on any atom is -0.543 e. The first-order chi connectivity index (χ1) is 10.3. The third-order valence-corrected chi connectivity index (χ3v) is 8.71. The molecular weight excluding hydrogens is 286 g/mol. The summed E-state index contributed by atoms with van der Waals surface area (Å²) >= 11 is 0. The van der Waals surface area contributed by atoms with Gasteiger partial charge >= 0.3 is 0 Å². The van der Waals surface area contributed by atoms with Gasteiger partial charge in [-0.25, -0.2) is 0 Å². The molecule has 0 amide bonds. The van der Waals surface area contributed by atoms with Crippen molar-refractivity contribution in [3.8, 4) is 5.75 Å². The van der Waals surface area contributed by atoms with Crippen LogP contribution in [0.2, 0.25) is 18.1 Å². The van der Waals surface area contributed by atoms with E-state index in [-0.39, 0.29) is 5.04 Å². The maximum atomic E-state index is 6.36. The molecule has 2 rings (SSSR count). The van der Waals surface area contributed by atoms with E-state index in [9.17, 15) is 0 Å². The molecule has 0 spiro atoms. The Morgan fingerprint density at radius 2 is 1.64 bits per heavy atom. The van der Waals surface area contributed by atoms with E-state index >= 15 is 0 Å². The zero-order valence-corrected chi connectivity index (χ0v) is 15.3. The Labute approximate surface area is 135 Å². The standard InChI is InChI=1S/C19H27NOSi/c1-19(2,3)22(4,5)21-18-13-9-12-17(14-18)20-15-16-10-7-6-8-11-16/h6-14,20H,15H2,1-5H3. The number of hydrogen-bond acceptors (Lipinski definition) is 2. The van der Waals surface area contributed by atoms with Crippen molar-refractivity contribution in [3.05, 3.63) is 60.2 Å². The molecule has 0 aliphatic heterocycles. The molecule has 0 saturated heterocycles. The summed E-state index contributed by atoms with van der Waals surface area (Å²) in [7, 11) is -1.78. The summed E-state index contributed by atoms with van der Waals surface area (Å²) in [5.41, 5.74) is 2.37. The van der Waals surface area contributed by atoms with E-state index in [0.717, 1.165) is 18.0 Å². The second-order valence-electron chi connectivity index (χ2n) is 7.23. The summed E-state index contributed by atoms with van der Waals surface area (Å²) in [5, 5.41) is 3.67. The molecule has 0 aliphatic carbocycles. The second-order valence-corrected chi connectivity index (χ2v) is 12.0. The summed E-state index contributed by atoms with van der Waals surface area (Å²) in [4.78, 5) is 0. The molecule has 0 aromatic heterocycles. The van der Waals surface area contributed by atoms with Crippen LogP contribution < -0.4 is 9.74 Å². The third kappa shape index (κ3) is 4.37. The maximum Gasteiger partial charge on any atom is 0.250 e. The molecule has 118 valence electrons. The van der Waals surface area contributed by atoms with E-state index in [1.807, 2.05) is 12.1 Å². The predicted octanol–water partition coefficient (Wildman–Crippen LogP) is 5.68. The number of hydrogen-bond donors (Lipinski definition) is 1. The fraction of sp³-hybridized carbons (Fsp3) is 0.368. The van der Waals surface area contributed by atoms with Crippen LogP contribution in [-0.4, -0.2) is 8.32 Å². The molecule has 0 aliphatic rings. The van der Waals surface area contributed by atoms with Crippen LogP contribution in [0.15, 0.2) is 54.6 Å². The molecule has 2 aromatic carbocycles. The molecule has 1 N–H and O–H groups in total. The first kappa shape index (κ1) is 16.6. The van der Waals surface area contributed by atoms with Crippen LogP contribution in [-0.2, 0) is 6.54 Å². The van der Waals surface area contributed by atoms with Crippen LogP contribution in [0.25, 0.3) is 0 Å². The van der Waals surface area contributed by atoms with E-state index < -0.39 is 8.32 Å². The SMILES string of the molecule is CC(C)(C)[Si](C)(C)Oc1cccc(NCc2ccccc2)c1. The average molecular weight is 314 g/mol. The molecule has 0 fully saturated rings. The average Bonchev–Trinajstić information content (AvgIpc) is 2.45. The van der Waals surface area contributed by atoms with Gasteiger partial charge in [0, 0.05) is 18.3 Å². The van der Waals surface area contributed by atoms with Gasteiger partial charge in [0.05, 0.1) is 0 Å². The van der Waals surface area contributed by atoms with Crippen molar-refractivity contribution in [1.29, 1.82) is 0 Å². The van der Waals surface area contributed by atoms with Crippen molar-refractivity contribution in [2.24, 2.45) is 0 Å². The summed E-state index contributed by atoms with van der Waals surface area (Å²) < 4.78 is 6.36. The fourth-order valence-corrected chi connectivity index (χ4v) is 2.94. The number of nitrogens with one attached hydrogen (secondary N) is 1. The summed E-state index contributed by atoms with van der Waals surface area (Å²) in [5.74, 6) is 0.963. The number of rotatable bonds is 5. The molecule has 0 atom stereocenters. The molecule has 0 bridgehead atoms. The fourth-order valence-electron chi connectivity index (χ4n) is 1.92. The maximum absolute atomic E-state index is 6.36. The summed E-state index contributed by atoms with van der Waals surface area (Å²) in [6.07, 6.45) is 0. The molecule has 22 heavy (non-hydrogen) atoms. The lowest BCUT2D eigenvalue weighted by molar-refractivity contribution is 0.492. The molecule has 0 unspecified atom stereocenters. The lowest BCUT2D eigenvalue weighted by atomic mass is 10.2. The van der Waals surface area contributed by atoms with Gasteiger partial charge in [0.1, 0.15) is 5.75 Å². The normalized spacial score (nSPS) is 12.0. The van der Waals surface area contributed by atoms with Crippen LogP contribution in [0, 0.1) is 0 Å². The lowest BCUT2D eigenvalue weighted by Crippen LogP contribution is -2.43. The molecule has 2 nitrogen and oxygen atoms in total. The van der Waals surface area contributed by atoms with E-state index in [2.05, 4.69) is 81.6 Å². The van der Waals surface area contributed by atoms with Crippen molar-refractivity contribution in [1.82, 2.24) is 0 Å². The van der Waals surface area contributed by atoms with Crippen molar-refractivity contribution in [2.45, 2.75) is 45.4 Å². The molecule has 2 aromatic rings. The summed E-state index contributed by atoms with van der Waals surface area (Å²) in [6, 6.07) is 18.7. The van der Waals surface area contributed by atoms with Gasteiger partial charge in [0.15, 0.2) is 0 Å². The lowest BCUT2D eigenvalue weighted by Gasteiger charge is -2.36. The highest BCUT2D eigenvalue weighted by atomic mass is 28.4. The van der Waals surface area contributed by atoms with Crippen molar-refractivity contribution in [3.63, 3.8) is 0 Å². The van der Waals surface area contributed by atoms with Gasteiger partial charge in [-0.3, -0.25) is 0 Å². The van der Waals surface area contributed by atoms with Crippen molar-refractivity contribution < 1.29 is 4.43 Å². The van der Waals surface area contributed by atoms with E-state index in [4.69, 9.17) is 4.43 Å². The van der Waals surface area contributed by atoms with E-state index in [1.165, 1.54) is 5.56 Å². The minimum absolute atomic E-state index is 0.209. The minimum atomic E-state index is -1.78. The Bertz CT molecular complexity index is 602. The Kier molecular flexibility index (Phi) is 4.96. The quantitative estimate of drug-likeness (QED) is 0.717. The van der Waals surface area contributed by atoms with Crippen LogP contribution in [0.1, 0.15) is 26.3 Å². The molecule has 0 heterocycles. The first-order valence-corrected chi connectivity index (χ1v) is 10.8. The third-order valence-electron chi connectivity index (χ3n) is 4.35. The van der Waals surface area contributed by atoms with Gasteiger partial charge in [-0.1, -0.05) is 57.2 Å². The Morgan fingerprint density at radius 1 is 0.955 bits per heavy atom. The van der Waals surface area contributed by atoms with E-state index in [1.54, 1.807) is 0 Å². The summed E-state index contributed by atoms with van der Waals surface area (Å²) in [6.45, 7) is 12.2. The predicted molar refractivity (Wildman–Crippen MR) is 98.0 cm³/mol. The largest absolute Gasteiger partial charge is 0.543 e. The van der Waals surface area contributed by atoms with Gasteiger partial charge in [-0.05, 0) is 35.8 Å². The van der Waals surface area contributed by atoms with Crippen molar-refractivity contribution in [2.75, 3.05) is 5.32 Å². The highest BCUT2D eigenvalue weighted by Crippen LogP contribution is 2.37. The van der Waals surface area contributed by atoms with Crippen LogP contribution in [0.4, 0.5) is 5.69 Å². The molecule has 0 saturated carbocycles. The van der Waals surface area contributed by atoms with Crippen LogP contribution in [0.3, 0.4) is 0 Å². The van der Waals surface area contributed by atoms with E-state index in [0.29, 0.717) is 0 Å². The topological polar surface area (TPSA) is 21.3 Å². The molecular formula is C19H27NOSi. The Morgan fingerprint density at radius 3 is 2.27 bits per heavy atom.